The molecule has 0 aliphatic heterocycles. The third-order valence-electron chi connectivity index (χ3n) is 2.74. The summed E-state index contributed by atoms with van der Waals surface area (Å²) in [6.07, 6.45) is 0. The van der Waals surface area contributed by atoms with Gasteiger partial charge in [0.2, 0.25) is 0 Å². The fourth-order valence-electron chi connectivity index (χ4n) is 1.84. The molecule has 1 aromatic carbocycles. The molecule has 20 heavy (non-hydrogen) atoms. The SMILES string of the molecule is CCOc1ccc(-c2nc(CN)cc(=O)[nH]2)cc1OC. The number of ether oxygens (including phenoxy) is 2. The lowest BCUT2D eigenvalue weighted by atomic mass is 10.2. The van der Waals surface area contributed by atoms with E-state index in [2.05, 4.69) is 9.97 Å². The molecule has 106 valence electrons. The maximum absolute atomic E-state index is 11.6. The number of nitrogens with two attached hydrogens (primary N) is 1. The van der Waals surface area contributed by atoms with E-state index in [9.17, 15) is 4.79 Å². The Morgan fingerprint density at radius 2 is 2.10 bits per heavy atom. The molecule has 1 aromatic heterocycles. The molecular formula is C14H17N3O3. The fraction of sp³-hybridized carbons (Fsp3) is 0.286. The van der Waals surface area contributed by atoms with Crippen molar-refractivity contribution >= 4 is 0 Å². The second-order valence-corrected chi connectivity index (χ2v) is 4.09. The monoisotopic (exact) mass is 275 g/mol. The Morgan fingerprint density at radius 1 is 1.30 bits per heavy atom. The van der Waals surface area contributed by atoms with E-state index in [1.54, 1.807) is 19.2 Å². The smallest absolute Gasteiger partial charge is 0.251 e. The molecule has 6 heteroatoms. The predicted molar refractivity (Wildman–Crippen MR) is 75.9 cm³/mol. The zero-order valence-corrected chi connectivity index (χ0v) is 11.5. The molecule has 0 aliphatic rings. The van der Waals surface area contributed by atoms with Gasteiger partial charge in [0.25, 0.3) is 5.56 Å². The van der Waals surface area contributed by atoms with Crippen LogP contribution in [0.4, 0.5) is 0 Å². The highest BCUT2D eigenvalue weighted by Crippen LogP contribution is 2.31. The van der Waals surface area contributed by atoms with Gasteiger partial charge in [0.1, 0.15) is 5.82 Å². The highest BCUT2D eigenvalue weighted by atomic mass is 16.5. The standard InChI is InChI=1S/C14H17N3O3/c1-3-20-11-5-4-9(6-12(11)19-2)14-16-10(8-15)7-13(18)17-14/h4-7H,3,8,15H2,1-2H3,(H,16,17,18). The Bertz CT molecular complexity index is 652. The lowest BCUT2D eigenvalue weighted by molar-refractivity contribution is 0.311. The normalized spacial score (nSPS) is 10.3. The van der Waals surface area contributed by atoms with Gasteiger partial charge in [-0.1, -0.05) is 0 Å². The van der Waals surface area contributed by atoms with Crippen molar-refractivity contribution in [2.75, 3.05) is 13.7 Å². The summed E-state index contributed by atoms with van der Waals surface area (Å²) in [5.74, 6) is 1.69. The van der Waals surface area contributed by atoms with Crippen molar-refractivity contribution in [1.82, 2.24) is 9.97 Å². The Kier molecular flexibility index (Phi) is 4.37. The summed E-state index contributed by atoms with van der Waals surface area (Å²) in [6, 6.07) is 6.75. The van der Waals surface area contributed by atoms with Gasteiger partial charge in [-0.2, -0.15) is 0 Å². The van der Waals surface area contributed by atoms with Crippen LogP contribution >= 0.6 is 0 Å². The highest BCUT2D eigenvalue weighted by Gasteiger charge is 2.09. The molecule has 0 fully saturated rings. The van der Waals surface area contributed by atoms with Gasteiger partial charge < -0.3 is 20.2 Å². The van der Waals surface area contributed by atoms with Crippen molar-refractivity contribution in [3.05, 3.63) is 40.3 Å². The third kappa shape index (κ3) is 2.97. The zero-order chi connectivity index (χ0) is 14.5. The summed E-state index contributed by atoms with van der Waals surface area (Å²) in [6.45, 7) is 2.66. The van der Waals surface area contributed by atoms with E-state index in [0.717, 1.165) is 5.56 Å². The summed E-state index contributed by atoms with van der Waals surface area (Å²) in [7, 11) is 1.56. The van der Waals surface area contributed by atoms with Gasteiger partial charge in [0.15, 0.2) is 11.5 Å². The maximum Gasteiger partial charge on any atom is 0.251 e. The second kappa shape index (κ2) is 6.21. The molecule has 0 spiro atoms. The van der Waals surface area contributed by atoms with Crippen LogP contribution in [0.1, 0.15) is 12.6 Å². The molecule has 0 saturated heterocycles. The number of benzene rings is 1. The first kappa shape index (κ1) is 14.1. The van der Waals surface area contributed by atoms with Crippen molar-refractivity contribution in [2.24, 2.45) is 5.73 Å². The van der Waals surface area contributed by atoms with E-state index in [-0.39, 0.29) is 12.1 Å². The molecule has 0 saturated carbocycles. The molecular weight excluding hydrogens is 258 g/mol. The highest BCUT2D eigenvalue weighted by molar-refractivity contribution is 5.61. The van der Waals surface area contributed by atoms with Crippen molar-refractivity contribution < 1.29 is 9.47 Å². The van der Waals surface area contributed by atoms with Gasteiger partial charge in [-0.3, -0.25) is 4.79 Å². The van der Waals surface area contributed by atoms with E-state index in [4.69, 9.17) is 15.2 Å². The number of rotatable bonds is 5. The van der Waals surface area contributed by atoms with Gasteiger partial charge in [-0.15, -0.1) is 0 Å². The molecule has 0 atom stereocenters. The number of nitrogens with zero attached hydrogens (tertiary/aromatic N) is 1. The zero-order valence-electron chi connectivity index (χ0n) is 11.5. The van der Waals surface area contributed by atoms with E-state index in [0.29, 0.717) is 29.6 Å². The topological polar surface area (TPSA) is 90.2 Å². The average molecular weight is 275 g/mol. The molecule has 0 bridgehead atoms. The van der Waals surface area contributed by atoms with Gasteiger partial charge in [0, 0.05) is 18.2 Å². The predicted octanol–water partition coefficient (Wildman–Crippen LogP) is 1.30. The van der Waals surface area contributed by atoms with Crippen molar-refractivity contribution in [2.45, 2.75) is 13.5 Å². The minimum Gasteiger partial charge on any atom is -0.493 e. The Labute approximate surface area is 116 Å². The Morgan fingerprint density at radius 3 is 2.75 bits per heavy atom. The second-order valence-electron chi connectivity index (χ2n) is 4.09. The lowest BCUT2D eigenvalue weighted by Crippen LogP contribution is -2.12. The van der Waals surface area contributed by atoms with E-state index in [1.807, 2.05) is 13.0 Å². The van der Waals surface area contributed by atoms with Crippen LogP contribution in [0.3, 0.4) is 0 Å². The summed E-state index contributed by atoms with van der Waals surface area (Å²) >= 11 is 0. The van der Waals surface area contributed by atoms with E-state index >= 15 is 0 Å². The van der Waals surface area contributed by atoms with Crippen LogP contribution < -0.4 is 20.8 Å². The molecule has 0 amide bonds. The molecule has 0 aliphatic carbocycles. The Hall–Kier alpha value is -2.34. The van der Waals surface area contributed by atoms with Crippen LogP contribution in [-0.4, -0.2) is 23.7 Å². The molecule has 6 nitrogen and oxygen atoms in total. The van der Waals surface area contributed by atoms with Gasteiger partial charge in [-0.05, 0) is 25.1 Å². The third-order valence-corrected chi connectivity index (χ3v) is 2.74. The summed E-state index contributed by atoms with van der Waals surface area (Å²) in [4.78, 5) is 18.5. The van der Waals surface area contributed by atoms with Crippen molar-refractivity contribution in [1.29, 1.82) is 0 Å². The molecule has 2 rings (SSSR count). The van der Waals surface area contributed by atoms with Crippen LogP contribution in [0, 0.1) is 0 Å². The average Bonchev–Trinajstić information content (AvgIpc) is 2.47. The number of aromatic amines is 1. The van der Waals surface area contributed by atoms with Crippen molar-refractivity contribution in [3.63, 3.8) is 0 Å². The Balaban J connectivity index is 2.47. The minimum absolute atomic E-state index is 0.213. The van der Waals surface area contributed by atoms with Crippen molar-refractivity contribution in [3.8, 4) is 22.9 Å². The number of aromatic nitrogens is 2. The van der Waals surface area contributed by atoms with E-state index in [1.165, 1.54) is 6.07 Å². The number of nitrogens with one attached hydrogen (secondary N) is 1. The number of hydrogen-bond donors (Lipinski definition) is 2. The van der Waals surface area contributed by atoms with Crippen LogP contribution in [-0.2, 0) is 6.54 Å². The summed E-state index contributed by atoms with van der Waals surface area (Å²) in [5.41, 5.74) is 6.56. The number of methoxy groups -OCH3 is 1. The quantitative estimate of drug-likeness (QED) is 0.858. The summed E-state index contributed by atoms with van der Waals surface area (Å²) < 4.78 is 10.7. The molecule has 2 aromatic rings. The number of hydrogen-bond acceptors (Lipinski definition) is 5. The fourth-order valence-corrected chi connectivity index (χ4v) is 1.84. The minimum atomic E-state index is -0.233. The largest absolute Gasteiger partial charge is 0.493 e. The first-order valence-electron chi connectivity index (χ1n) is 6.29. The first-order chi connectivity index (χ1) is 9.67. The molecule has 3 N–H and O–H groups in total. The van der Waals surface area contributed by atoms with Gasteiger partial charge in [-0.25, -0.2) is 4.98 Å². The van der Waals surface area contributed by atoms with Crippen LogP contribution in [0.5, 0.6) is 11.5 Å². The lowest BCUT2D eigenvalue weighted by Gasteiger charge is -2.11. The van der Waals surface area contributed by atoms with Crippen LogP contribution in [0.25, 0.3) is 11.4 Å². The van der Waals surface area contributed by atoms with E-state index < -0.39 is 0 Å². The molecule has 0 radical (unpaired) electrons. The van der Waals surface area contributed by atoms with Crippen LogP contribution in [0.2, 0.25) is 0 Å². The first-order valence-corrected chi connectivity index (χ1v) is 6.29. The van der Waals surface area contributed by atoms with Gasteiger partial charge in [0.05, 0.1) is 19.4 Å². The number of H-pyrrole nitrogens is 1. The van der Waals surface area contributed by atoms with Gasteiger partial charge >= 0.3 is 0 Å². The summed E-state index contributed by atoms with van der Waals surface area (Å²) in [5, 5.41) is 0. The molecule has 1 heterocycles. The van der Waals surface area contributed by atoms with Crippen LogP contribution in [0.15, 0.2) is 29.1 Å². The maximum atomic E-state index is 11.6. The molecule has 0 unspecified atom stereocenters.